The van der Waals surface area contributed by atoms with Crippen LogP contribution in [0.25, 0.3) is 0 Å². The van der Waals surface area contributed by atoms with Crippen LogP contribution in [0.5, 0.6) is 0 Å². The summed E-state index contributed by atoms with van der Waals surface area (Å²) in [6.45, 7) is -0.138. The molecule has 0 aromatic heterocycles. The molecular formula is C18H20F3N3O2. The Bertz CT molecular complexity index is 746. The molecule has 140 valence electrons. The lowest BCUT2D eigenvalue weighted by Gasteiger charge is -2.17. The number of anilines is 2. The summed E-state index contributed by atoms with van der Waals surface area (Å²) in [5, 5.41) is 14.6. The fourth-order valence-electron chi connectivity index (χ4n) is 2.31. The first-order valence-corrected chi connectivity index (χ1v) is 7.85. The summed E-state index contributed by atoms with van der Waals surface area (Å²) in [6, 6.07) is 10.9. The molecule has 1 unspecified atom stereocenters. The number of aliphatic hydroxyl groups excluding tert-OH is 1. The summed E-state index contributed by atoms with van der Waals surface area (Å²) in [6.07, 6.45) is -5.55. The van der Waals surface area contributed by atoms with Gasteiger partial charge in [0.05, 0.1) is 17.4 Å². The van der Waals surface area contributed by atoms with Crippen molar-refractivity contribution in [1.29, 1.82) is 0 Å². The lowest BCUT2D eigenvalue weighted by atomic mass is 10.1. The quantitative estimate of drug-likeness (QED) is 0.756. The van der Waals surface area contributed by atoms with Crippen LogP contribution in [0.4, 0.5) is 29.3 Å². The molecule has 0 heterocycles. The van der Waals surface area contributed by atoms with E-state index in [1.54, 1.807) is 12.1 Å². The Kier molecular flexibility index (Phi) is 6.10. The minimum atomic E-state index is -4.57. The van der Waals surface area contributed by atoms with Crippen molar-refractivity contribution < 1.29 is 23.1 Å². The van der Waals surface area contributed by atoms with Gasteiger partial charge in [-0.15, -0.1) is 0 Å². The van der Waals surface area contributed by atoms with Crippen molar-refractivity contribution >= 4 is 17.4 Å². The Morgan fingerprint density at radius 3 is 2.31 bits per heavy atom. The zero-order valence-corrected chi connectivity index (χ0v) is 14.3. The van der Waals surface area contributed by atoms with Crippen LogP contribution in [0, 0.1) is 0 Å². The van der Waals surface area contributed by atoms with Crippen LogP contribution in [0.15, 0.2) is 48.5 Å². The topological polar surface area (TPSA) is 64.6 Å². The number of nitrogens with zero attached hydrogens (tertiary/aromatic N) is 1. The zero-order chi connectivity index (χ0) is 19.3. The number of benzene rings is 2. The normalized spacial score (nSPS) is 12.4. The van der Waals surface area contributed by atoms with Crippen molar-refractivity contribution in [2.24, 2.45) is 0 Å². The predicted octanol–water partition coefficient (Wildman–Crippen LogP) is 3.63. The van der Waals surface area contributed by atoms with Crippen molar-refractivity contribution in [2.45, 2.75) is 12.3 Å². The molecule has 8 heteroatoms. The molecule has 3 N–H and O–H groups in total. The van der Waals surface area contributed by atoms with Crippen molar-refractivity contribution in [3.63, 3.8) is 0 Å². The lowest BCUT2D eigenvalue weighted by Crippen LogP contribution is -2.33. The molecule has 0 spiro atoms. The van der Waals surface area contributed by atoms with E-state index in [1.807, 2.05) is 31.1 Å². The van der Waals surface area contributed by atoms with Crippen molar-refractivity contribution in [1.82, 2.24) is 5.32 Å². The van der Waals surface area contributed by atoms with Gasteiger partial charge in [-0.25, -0.2) is 4.79 Å². The smallest absolute Gasteiger partial charge is 0.387 e. The van der Waals surface area contributed by atoms with Gasteiger partial charge in [-0.1, -0.05) is 24.3 Å². The van der Waals surface area contributed by atoms with Gasteiger partial charge in [0.2, 0.25) is 0 Å². The van der Waals surface area contributed by atoms with Gasteiger partial charge < -0.3 is 20.6 Å². The second-order valence-electron chi connectivity index (χ2n) is 5.88. The number of urea groups is 1. The van der Waals surface area contributed by atoms with E-state index in [9.17, 15) is 23.1 Å². The second kappa shape index (κ2) is 8.09. The van der Waals surface area contributed by atoms with E-state index < -0.39 is 23.9 Å². The van der Waals surface area contributed by atoms with Gasteiger partial charge in [-0.3, -0.25) is 0 Å². The molecule has 0 saturated heterocycles. The van der Waals surface area contributed by atoms with E-state index in [1.165, 1.54) is 18.2 Å². The highest BCUT2D eigenvalue weighted by molar-refractivity contribution is 5.90. The Balaban J connectivity index is 1.95. The Morgan fingerprint density at radius 2 is 1.73 bits per heavy atom. The molecule has 2 aromatic rings. The number of hydrogen-bond donors (Lipinski definition) is 3. The molecule has 0 aliphatic carbocycles. The molecule has 0 radical (unpaired) electrons. The standard InChI is InChI=1S/C18H20F3N3O2/c1-24(2)13-9-7-12(8-10-13)16(25)11-22-17(26)23-15-6-4-3-5-14(15)18(19,20)21/h3-10,16,25H,11H2,1-2H3,(H2,22,23,26). The van der Waals surface area contributed by atoms with E-state index in [4.69, 9.17) is 0 Å². The van der Waals surface area contributed by atoms with Gasteiger partial charge in [0.1, 0.15) is 0 Å². The molecule has 2 amide bonds. The molecule has 5 nitrogen and oxygen atoms in total. The molecule has 0 aliphatic heterocycles. The maximum absolute atomic E-state index is 12.9. The summed E-state index contributed by atoms with van der Waals surface area (Å²) in [7, 11) is 3.77. The molecular weight excluding hydrogens is 347 g/mol. The SMILES string of the molecule is CN(C)c1ccc(C(O)CNC(=O)Nc2ccccc2C(F)(F)F)cc1. The van der Waals surface area contributed by atoms with E-state index in [0.29, 0.717) is 5.56 Å². The van der Waals surface area contributed by atoms with Gasteiger partial charge in [-0.2, -0.15) is 13.2 Å². The van der Waals surface area contributed by atoms with Crippen LogP contribution < -0.4 is 15.5 Å². The predicted molar refractivity (Wildman–Crippen MR) is 94.2 cm³/mol. The number of amides is 2. The minimum absolute atomic E-state index is 0.138. The van der Waals surface area contributed by atoms with Crippen LogP contribution >= 0.6 is 0 Å². The van der Waals surface area contributed by atoms with Gasteiger partial charge in [0, 0.05) is 26.3 Å². The first kappa shape index (κ1) is 19.6. The van der Waals surface area contributed by atoms with Crippen molar-refractivity contribution in [2.75, 3.05) is 30.9 Å². The van der Waals surface area contributed by atoms with Crippen LogP contribution in [-0.4, -0.2) is 31.8 Å². The fraction of sp³-hybridized carbons (Fsp3) is 0.278. The first-order valence-electron chi connectivity index (χ1n) is 7.85. The third kappa shape index (κ3) is 5.13. The number of nitrogens with one attached hydrogen (secondary N) is 2. The molecule has 0 saturated carbocycles. The average molecular weight is 367 g/mol. The number of aliphatic hydroxyl groups is 1. The molecule has 2 rings (SSSR count). The summed E-state index contributed by atoms with van der Waals surface area (Å²) in [5.74, 6) is 0. The van der Waals surface area contributed by atoms with Crippen LogP contribution in [0.3, 0.4) is 0 Å². The largest absolute Gasteiger partial charge is 0.418 e. The highest BCUT2D eigenvalue weighted by atomic mass is 19.4. The minimum Gasteiger partial charge on any atom is -0.387 e. The first-order chi connectivity index (χ1) is 12.2. The summed E-state index contributed by atoms with van der Waals surface area (Å²) < 4.78 is 38.7. The molecule has 0 fully saturated rings. The third-order valence-electron chi connectivity index (χ3n) is 3.73. The van der Waals surface area contributed by atoms with Gasteiger partial charge >= 0.3 is 12.2 Å². The second-order valence-corrected chi connectivity index (χ2v) is 5.88. The number of hydrogen-bond acceptors (Lipinski definition) is 3. The highest BCUT2D eigenvalue weighted by Crippen LogP contribution is 2.34. The van der Waals surface area contributed by atoms with E-state index >= 15 is 0 Å². The summed E-state index contributed by atoms with van der Waals surface area (Å²) in [5.41, 5.74) is 0.263. The van der Waals surface area contributed by atoms with Crippen molar-refractivity contribution in [3.05, 3.63) is 59.7 Å². The number of carbonyl (C=O) groups is 1. The summed E-state index contributed by atoms with van der Waals surface area (Å²) >= 11 is 0. The van der Waals surface area contributed by atoms with Gasteiger partial charge in [-0.05, 0) is 29.8 Å². The van der Waals surface area contributed by atoms with E-state index in [2.05, 4.69) is 10.6 Å². The van der Waals surface area contributed by atoms with Crippen LogP contribution in [-0.2, 0) is 6.18 Å². The number of halogens is 3. The number of rotatable bonds is 5. The maximum atomic E-state index is 12.9. The van der Waals surface area contributed by atoms with Crippen molar-refractivity contribution in [3.8, 4) is 0 Å². The molecule has 1 atom stereocenters. The van der Waals surface area contributed by atoms with Gasteiger partial charge in [0.15, 0.2) is 0 Å². The zero-order valence-electron chi connectivity index (χ0n) is 14.3. The Hall–Kier alpha value is -2.74. The number of alkyl halides is 3. The number of para-hydroxylation sites is 1. The maximum Gasteiger partial charge on any atom is 0.418 e. The molecule has 26 heavy (non-hydrogen) atoms. The average Bonchev–Trinajstić information content (AvgIpc) is 2.59. The molecule has 0 bridgehead atoms. The number of carbonyl (C=O) groups excluding carboxylic acids is 1. The Labute approximate surface area is 149 Å². The molecule has 2 aromatic carbocycles. The summed E-state index contributed by atoms with van der Waals surface area (Å²) in [4.78, 5) is 13.8. The monoisotopic (exact) mass is 367 g/mol. The third-order valence-corrected chi connectivity index (χ3v) is 3.73. The van der Waals surface area contributed by atoms with Crippen LogP contribution in [0.2, 0.25) is 0 Å². The van der Waals surface area contributed by atoms with Crippen LogP contribution in [0.1, 0.15) is 17.2 Å². The highest BCUT2D eigenvalue weighted by Gasteiger charge is 2.33. The van der Waals surface area contributed by atoms with E-state index in [0.717, 1.165) is 11.8 Å². The Morgan fingerprint density at radius 1 is 1.12 bits per heavy atom. The lowest BCUT2D eigenvalue weighted by molar-refractivity contribution is -0.136. The van der Waals surface area contributed by atoms with Gasteiger partial charge in [0.25, 0.3) is 0 Å². The van der Waals surface area contributed by atoms with E-state index in [-0.39, 0.29) is 12.2 Å². The molecule has 0 aliphatic rings. The fourth-order valence-corrected chi connectivity index (χ4v) is 2.31.